The van der Waals surface area contributed by atoms with E-state index in [0.717, 1.165) is 11.3 Å². The van der Waals surface area contributed by atoms with Gasteiger partial charge < -0.3 is 4.74 Å². The molecule has 1 fully saturated rings. The first-order valence-electron chi connectivity index (χ1n) is 5.33. The number of hydrogen-bond acceptors (Lipinski definition) is 1. The monoisotopic (exact) mass is 194 g/mol. The first-order chi connectivity index (χ1) is 6.33. The highest BCUT2D eigenvalue weighted by Crippen LogP contribution is 2.47. The van der Waals surface area contributed by atoms with Gasteiger partial charge in [-0.25, -0.2) is 0 Å². The predicted octanol–water partition coefficient (Wildman–Crippen LogP) is 3.92. The van der Waals surface area contributed by atoms with Gasteiger partial charge in [0.2, 0.25) is 0 Å². The van der Waals surface area contributed by atoms with Gasteiger partial charge in [-0.2, -0.15) is 0 Å². The van der Waals surface area contributed by atoms with Crippen molar-refractivity contribution in [2.24, 2.45) is 11.3 Å². The molecule has 0 saturated heterocycles. The number of ether oxygens (including phenoxy) is 1. The molecular weight excluding hydrogens is 172 g/mol. The molecule has 0 radical (unpaired) electrons. The van der Waals surface area contributed by atoms with E-state index in [-0.39, 0.29) is 0 Å². The lowest BCUT2D eigenvalue weighted by Crippen LogP contribution is -2.48. The third-order valence-electron chi connectivity index (χ3n) is 2.90. The third-order valence-corrected chi connectivity index (χ3v) is 2.90. The van der Waals surface area contributed by atoms with Crippen LogP contribution in [0.5, 0.6) is 0 Å². The van der Waals surface area contributed by atoms with Crippen LogP contribution >= 0.6 is 0 Å². The van der Waals surface area contributed by atoms with E-state index in [1.54, 1.807) is 0 Å². The van der Waals surface area contributed by atoms with E-state index in [1.807, 2.05) is 19.9 Å². The lowest BCUT2D eigenvalue weighted by molar-refractivity contribution is -0.108. The van der Waals surface area contributed by atoms with Crippen molar-refractivity contribution in [1.29, 1.82) is 0 Å². The van der Waals surface area contributed by atoms with E-state index < -0.39 is 0 Å². The van der Waals surface area contributed by atoms with Gasteiger partial charge in [-0.05, 0) is 32.3 Å². The van der Waals surface area contributed by atoms with Gasteiger partial charge in [-0.3, -0.25) is 0 Å². The standard InChI is InChI=1S/C13H22O/c1-9(2)7-11(4)14-12-10(3)8-13(12,5)6/h7,10,12H,1,8H2,2-6H3/b11-7+. The van der Waals surface area contributed by atoms with Gasteiger partial charge >= 0.3 is 0 Å². The summed E-state index contributed by atoms with van der Waals surface area (Å²) in [5.74, 6) is 1.67. The van der Waals surface area contributed by atoms with Crippen LogP contribution in [-0.2, 0) is 4.74 Å². The van der Waals surface area contributed by atoms with Crippen LogP contribution in [-0.4, -0.2) is 6.10 Å². The van der Waals surface area contributed by atoms with Gasteiger partial charge in [0, 0.05) is 5.41 Å². The maximum absolute atomic E-state index is 5.92. The first kappa shape index (κ1) is 11.4. The Morgan fingerprint density at radius 3 is 2.36 bits per heavy atom. The summed E-state index contributed by atoms with van der Waals surface area (Å²) in [6, 6.07) is 0. The highest BCUT2D eigenvalue weighted by molar-refractivity contribution is 5.14. The van der Waals surface area contributed by atoms with Crippen LogP contribution in [0.25, 0.3) is 0 Å². The highest BCUT2D eigenvalue weighted by atomic mass is 16.5. The molecule has 0 N–H and O–H groups in total. The van der Waals surface area contributed by atoms with Crippen molar-refractivity contribution >= 4 is 0 Å². The fourth-order valence-electron chi connectivity index (χ4n) is 2.52. The Bertz CT molecular complexity index is 260. The van der Waals surface area contributed by atoms with Crippen molar-refractivity contribution in [3.05, 3.63) is 24.0 Å². The van der Waals surface area contributed by atoms with Crippen LogP contribution in [0.15, 0.2) is 24.0 Å². The quantitative estimate of drug-likeness (QED) is 0.489. The van der Waals surface area contributed by atoms with Gasteiger partial charge in [0.1, 0.15) is 6.10 Å². The molecule has 0 aromatic carbocycles. The molecule has 0 bridgehead atoms. The van der Waals surface area contributed by atoms with E-state index in [2.05, 4.69) is 27.4 Å². The molecule has 80 valence electrons. The normalized spacial score (nSPS) is 30.8. The topological polar surface area (TPSA) is 9.23 Å². The fraction of sp³-hybridized carbons (Fsp3) is 0.692. The summed E-state index contributed by atoms with van der Waals surface area (Å²) in [5, 5.41) is 0. The van der Waals surface area contributed by atoms with Crippen molar-refractivity contribution in [3.63, 3.8) is 0 Å². The molecule has 1 aliphatic rings. The SMILES string of the molecule is C=C(C)/C=C(\C)OC1C(C)CC1(C)C. The molecular formula is C13H22O. The van der Waals surface area contributed by atoms with Crippen LogP contribution in [0.2, 0.25) is 0 Å². The zero-order valence-corrected chi connectivity index (χ0v) is 10.1. The second-order valence-corrected chi connectivity index (χ2v) is 5.31. The van der Waals surface area contributed by atoms with E-state index in [9.17, 15) is 0 Å². The summed E-state index contributed by atoms with van der Waals surface area (Å²) < 4.78 is 5.92. The average molecular weight is 194 g/mol. The molecule has 1 aliphatic carbocycles. The summed E-state index contributed by atoms with van der Waals surface area (Å²) in [4.78, 5) is 0. The van der Waals surface area contributed by atoms with Crippen molar-refractivity contribution in [2.45, 2.75) is 47.1 Å². The van der Waals surface area contributed by atoms with Gasteiger partial charge in [-0.1, -0.05) is 32.9 Å². The van der Waals surface area contributed by atoms with Crippen LogP contribution in [0.4, 0.5) is 0 Å². The lowest BCUT2D eigenvalue weighted by Gasteiger charge is -2.49. The van der Waals surface area contributed by atoms with Crippen LogP contribution in [0.1, 0.15) is 41.0 Å². The van der Waals surface area contributed by atoms with Gasteiger partial charge in [-0.15, -0.1) is 0 Å². The van der Waals surface area contributed by atoms with E-state index in [0.29, 0.717) is 17.4 Å². The Balaban J connectivity index is 2.56. The van der Waals surface area contributed by atoms with Crippen molar-refractivity contribution in [1.82, 2.24) is 0 Å². The predicted molar refractivity (Wildman–Crippen MR) is 61.0 cm³/mol. The van der Waals surface area contributed by atoms with Crippen LogP contribution < -0.4 is 0 Å². The number of rotatable bonds is 3. The molecule has 1 heteroatoms. The largest absolute Gasteiger partial charge is 0.494 e. The smallest absolute Gasteiger partial charge is 0.106 e. The van der Waals surface area contributed by atoms with Gasteiger partial charge in [0.25, 0.3) is 0 Å². The average Bonchev–Trinajstić information content (AvgIpc) is 1.98. The molecule has 0 aliphatic heterocycles. The maximum Gasteiger partial charge on any atom is 0.106 e. The summed E-state index contributed by atoms with van der Waals surface area (Å²) >= 11 is 0. The van der Waals surface area contributed by atoms with E-state index >= 15 is 0 Å². The lowest BCUT2D eigenvalue weighted by atomic mass is 9.62. The Hall–Kier alpha value is -0.720. The molecule has 0 heterocycles. The van der Waals surface area contributed by atoms with Gasteiger partial charge in [0.05, 0.1) is 5.76 Å². The fourth-order valence-corrected chi connectivity index (χ4v) is 2.52. The van der Waals surface area contributed by atoms with E-state index in [4.69, 9.17) is 4.74 Å². The Morgan fingerprint density at radius 2 is 2.00 bits per heavy atom. The molecule has 1 nitrogen and oxygen atoms in total. The molecule has 1 rings (SSSR count). The first-order valence-corrected chi connectivity index (χ1v) is 5.33. The second kappa shape index (κ2) is 3.80. The molecule has 0 spiro atoms. The van der Waals surface area contributed by atoms with Crippen molar-refractivity contribution in [2.75, 3.05) is 0 Å². The Labute approximate surface area is 87.8 Å². The second-order valence-electron chi connectivity index (χ2n) is 5.31. The molecule has 0 aromatic rings. The number of allylic oxidation sites excluding steroid dienone is 3. The van der Waals surface area contributed by atoms with Crippen molar-refractivity contribution in [3.8, 4) is 0 Å². The molecule has 0 aromatic heterocycles. The Kier molecular flexibility index (Phi) is 3.08. The molecule has 2 unspecified atom stereocenters. The minimum absolute atomic E-state index is 0.337. The van der Waals surface area contributed by atoms with Gasteiger partial charge in [0.15, 0.2) is 0 Å². The number of hydrogen-bond donors (Lipinski definition) is 0. The minimum Gasteiger partial charge on any atom is -0.494 e. The maximum atomic E-state index is 5.92. The zero-order valence-electron chi connectivity index (χ0n) is 10.1. The molecule has 0 amide bonds. The summed E-state index contributed by atoms with van der Waals surface area (Å²) in [7, 11) is 0. The van der Waals surface area contributed by atoms with Crippen molar-refractivity contribution < 1.29 is 4.74 Å². The summed E-state index contributed by atoms with van der Waals surface area (Å²) in [6.07, 6.45) is 3.64. The summed E-state index contributed by atoms with van der Waals surface area (Å²) in [5.41, 5.74) is 1.39. The highest BCUT2D eigenvalue weighted by Gasteiger charge is 2.46. The van der Waals surface area contributed by atoms with Crippen LogP contribution in [0, 0.1) is 11.3 Å². The Morgan fingerprint density at radius 1 is 1.43 bits per heavy atom. The zero-order chi connectivity index (χ0) is 10.9. The molecule has 1 saturated carbocycles. The third kappa shape index (κ3) is 2.40. The summed E-state index contributed by atoms with van der Waals surface area (Å²) in [6.45, 7) is 14.6. The van der Waals surface area contributed by atoms with E-state index in [1.165, 1.54) is 6.42 Å². The minimum atomic E-state index is 0.337. The van der Waals surface area contributed by atoms with Crippen LogP contribution in [0.3, 0.4) is 0 Å². The molecule has 2 atom stereocenters. The molecule has 14 heavy (non-hydrogen) atoms.